The molecule has 0 atom stereocenters. The molecule has 10 aromatic rings. The van der Waals surface area contributed by atoms with Crippen LogP contribution in [0.3, 0.4) is 0 Å². The van der Waals surface area contributed by atoms with Crippen LogP contribution in [0.25, 0.3) is 91.9 Å². The predicted molar refractivity (Wildman–Crippen MR) is 192 cm³/mol. The van der Waals surface area contributed by atoms with Crippen LogP contribution in [0.15, 0.2) is 156 Å². The van der Waals surface area contributed by atoms with Gasteiger partial charge in [0.1, 0.15) is 11.2 Å². The summed E-state index contributed by atoms with van der Waals surface area (Å²) >= 11 is 1.85. The molecule has 0 radical (unpaired) electrons. The van der Waals surface area contributed by atoms with Crippen molar-refractivity contribution in [2.75, 3.05) is 0 Å². The van der Waals surface area contributed by atoms with Gasteiger partial charge in [-0.2, -0.15) is 0 Å². The summed E-state index contributed by atoms with van der Waals surface area (Å²) in [6.45, 7) is 0. The maximum atomic E-state index is 6.64. The minimum atomic E-state index is 0.893. The molecule has 45 heavy (non-hydrogen) atoms. The summed E-state index contributed by atoms with van der Waals surface area (Å²) < 4.78 is 11.7. The van der Waals surface area contributed by atoms with Crippen LogP contribution < -0.4 is 0 Å². The molecule has 0 fully saturated rings. The van der Waals surface area contributed by atoms with E-state index in [1.807, 2.05) is 11.3 Å². The molecule has 2 nitrogen and oxygen atoms in total. The fourth-order valence-electron chi connectivity index (χ4n) is 7.22. The molecule has 0 saturated carbocycles. The first-order chi connectivity index (χ1) is 22.3. The highest BCUT2D eigenvalue weighted by atomic mass is 32.1. The van der Waals surface area contributed by atoms with Gasteiger partial charge in [-0.25, -0.2) is 0 Å². The van der Waals surface area contributed by atoms with Gasteiger partial charge in [-0.1, -0.05) is 103 Å². The maximum Gasteiger partial charge on any atom is 0.137 e. The zero-order chi connectivity index (χ0) is 29.5. The highest BCUT2D eigenvalue weighted by Crippen LogP contribution is 2.43. The van der Waals surface area contributed by atoms with Crippen LogP contribution in [-0.2, 0) is 0 Å². The molecule has 7 aromatic carbocycles. The van der Waals surface area contributed by atoms with Crippen molar-refractivity contribution in [3.63, 3.8) is 0 Å². The molecule has 0 unspecified atom stereocenters. The maximum absolute atomic E-state index is 6.64. The Morgan fingerprint density at radius 1 is 0.422 bits per heavy atom. The van der Waals surface area contributed by atoms with E-state index in [2.05, 4.69) is 156 Å². The van der Waals surface area contributed by atoms with Gasteiger partial charge in [0.05, 0.1) is 22.1 Å². The van der Waals surface area contributed by atoms with Crippen LogP contribution in [0.2, 0.25) is 0 Å². The van der Waals surface area contributed by atoms with Gasteiger partial charge in [0.15, 0.2) is 0 Å². The van der Waals surface area contributed by atoms with Crippen molar-refractivity contribution >= 4 is 75.3 Å². The first-order valence-electron chi connectivity index (χ1n) is 15.3. The Labute approximate surface area is 263 Å². The molecule has 3 heterocycles. The molecule has 3 aromatic heterocycles. The fourth-order valence-corrected chi connectivity index (χ4v) is 8.35. The molecule has 0 spiro atoms. The van der Waals surface area contributed by atoms with Crippen LogP contribution in [-0.4, -0.2) is 4.57 Å². The number of aromatic nitrogens is 1. The summed E-state index contributed by atoms with van der Waals surface area (Å²) in [5.74, 6) is 0. The molecule has 10 rings (SSSR count). The van der Waals surface area contributed by atoms with E-state index in [9.17, 15) is 0 Å². The lowest BCUT2D eigenvalue weighted by molar-refractivity contribution is 0.669. The van der Waals surface area contributed by atoms with E-state index in [0.717, 1.165) is 27.6 Å². The summed E-state index contributed by atoms with van der Waals surface area (Å²) in [6, 6.07) is 54.7. The Morgan fingerprint density at radius 2 is 1.16 bits per heavy atom. The smallest absolute Gasteiger partial charge is 0.137 e. The molecular formula is C42H25NOS. The van der Waals surface area contributed by atoms with Crippen molar-refractivity contribution in [3.8, 4) is 27.9 Å². The molecule has 0 aliphatic heterocycles. The van der Waals surface area contributed by atoms with E-state index in [0.29, 0.717) is 0 Å². The Kier molecular flexibility index (Phi) is 5.19. The lowest BCUT2D eigenvalue weighted by atomic mass is 9.98. The zero-order valence-corrected chi connectivity index (χ0v) is 25.0. The number of hydrogen-bond donors (Lipinski definition) is 0. The van der Waals surface area contributed by atoms with Crippen LogP contribution in [0.4, 0.5) is 0 Å². The molecule has 3 heteroatoms. The highest BCUT2D eigenvalue weighted by Gasteiger charge is 2.19. The van der Waals surface area contributed by atoms with Crippen molar-refractivity contribution in [3.05, 3.63) is 152 Å². The third-order valence-electron chi connectivity index (χ3n) is 9.21. The quantitative estimate of drug-likeness (QED) is 0.200. The van der Waals surface area contributed by atoms with Gasteiger partial charge in [-0.05, 0) is 70.8 Å². The minimum Gasteiger partial charge on any atom is -0.456 e. The average Bonchev–Trinajstić information content (AvgIpc) is 3.77. The Bertz CT molecular complexity index is 2760. The monoisotopic (exact) mass is 591 g/mol. The normalized spacial score (nSPS) is 12.0. The fraction of sp³-hybridized carbons (Fsp3) is 0. The second-order valence-electron chi connectivity index (χ2n) is 11.7. The van der Waals surface area contributed by atoms with Crippen molar-refractivity contribution in [2.45, 2.75) is 0 Å². The summed E-state index contributed by atoms with van der Waals surface area (Å²) in [5, 5.41) is 7.36. The van der Waals surface area contributed by atoms with Crippen molar-refractivity contribution in [1.29, 1.82) is 0 Å². The van der Waals surface area contributed by atoms with Crippen molar-refractivity contribution in [2.24, 2.45) is 0 Å². The average molecular weight is 592 g/mol. The lowest BCUT2D eigenvalue weighted by Gasteiger charge is -2.11. The molecule has 0 aliphatic rings. The third kappa shape index (κ3) is 3.62. The predicted octanol–water partition coefficient (Wildman–Crippen LogP) is 12.4. The van der Waals surface area contributed by atoms with E-state index in [4.69, 9.17) is 4.42 Å². The van der Waals surface area contributed by atoms with Gasteiger partial charge in [-0.15, -0.1) is 11.3 Å². The topological polar surface area (TPSA) is 18.1 Å². The van der Waals surface area contributed by atoms with Gasteiger partial charge in [-0.3, -0.25) is 0 Å². The van der Waals surface area contributed by atoms with Crippen molar-refractivity contribution < 1.29 is 4.42 Å². The van der Waals surface area contributed by atoms with Gasteiger partial charge in [0.2, 0.25) is 0 Å². The molecule has 0 amide bonds. The summed E-state index contributed by atoms with van der Waals surface area (Å²) in [5.41, 5.74) is 10.1. The Morgan fingerprint density at radius 3 is 2.09 bits per heavy atom. The summed E-state index contributed by atoms with van der Waals surface area (Å²) in [4.78, 5) is 0. The zero-order valence-electron chi connectivity index (χ0n) is 24.2. The summed E-state index contributed by atoms with van der Waals surface area (Å²) in [7, 11) is 0. The van der Waals surface area contributed by atoms with Crippen LogP contribution in [0, 0.1) is 0 Å². The number of rotatable bonds is 3. The van der Waals surface area contributed by atoms with Gasteiger partial charge in [0, 0.05) is 36.3 Å². The second kappa shape index (κ2) is 9.43. The van der Waals surface area contributed by atoms with E-state index in [1.165, 1.54) is 64.2 Å². The standard InChI is InChI=1S/C42H25NOS/c1-2-10-26(11-3-1)27-20-22-31-30-12-4-6-15-34(30)43(36(31)24-27)35-16-9-17-37-42(35)32-23-21-28(25-38(32)44-37)29-14-8-19-40-41(29)33-13-5-7-18-39(33)45-40/h1-25H. The number of nitrogens with zero attached hydrogens (tertiary/aromatic N) is 1. The van der Waals surface area contributed by atoms with Crippen LogP contribution in [0.1, 0.15) is 0 Å². The van der Waals surface area contributed by atoms with Crippen LogP contribution in [0.5, 0.6) is 0 Å². The number of thiophene rings is 1. The second-order valence-corrected chi connectivity index (χ2v) is 12.8. The van der Waals surface area contributed by atoms with E-state index >= 15 is 0 Å². The third-order valence-corrected chi connectivity index (χ3v) is 10.3. The number of furan rings is 1. The molecular weight excluding hydrogens is 567 g/mol. The van der Waals surface area contributed by atoms with Gasteiger partial charge in [0.25, 0.3) is 0 Å². The summed E-state index contributed by atoms with van der Waals surface area (Å²) in [6.07, 6.45) is 0. The molecule has 210 valence electrons. The molecule has 0 bridgehead atoms. The molecule has 0 N–H and O–H groups in total. The lowest BCUT2D eigenvalue weighted by Crippen LogP contribution is -1.94. The van der Waals surface area contributed by atoms with Gasteiger partial charge < -0.3 is 8.98 Å². The number of hydrogen-bond acceptors (Lipinski definition) is 2. The molecule has 0 aliphatic carbocycles. The van der Waals surface area contributed by atoms with Gasteiger partial charge >= 0.3 is 0 Å². The van der Waals surface area contributed by atoms with Crippen LogP contribution >= 0.6 is 11.3 Å². The largest absolute Gasteiger partial charge is 0.456 e. The Balaban J connectivity index is 1.23. The SMILES string of the molecule is c1ccc(-c2ccc3c4ccccc4n(-c4cccc5oc6cc(-c7cccc8sc9ccccc9c78)ccc6c45)c3c2)cc1. The van der Waals surface area contributed by atoms with E-state index < -0.39 is 0 Å². The highest BCUT2D eigenvalue weighted by molar-refractivity contribution is 7.25. The molecule has 0 saturated heterocycles. The van der Waals surface area contributed by atoms with Crippen molar-refractivity contribution in [1.82, 2.24) is 4.57 Å². The first-order valence-corrected chi connectivity index (χ1v) is 16.1. The number of para-hydroxylation sites is 1. The van der Waals surface area contributed by atoms with E-state index in [-0.39, 0.29) is 0 Å². The van der Waals surface area contributed by atoms with E-state index in [1.54, 1.807) is 0 Å². The number of fused-ring (bicyclic) bond motifs is 9. The minimum absolute atomic E-state index is 0.893. The Hall–Kier alpha value is -5.64. The number of benzene rings is 7. The first kappa shape index (κ1) is 24.8.